The van der Waals surface area contributed by atoms with Crippen LogP contribution in [0.25, 0.3) is 11.5 Å². The van der Waals surface area contributed by atoms with E-state index in [0.717, 1.165) is 29.2 Å². The van der Waals surface area contributed by atoms with Crippen LogP contribution in [0.5, 0.6) is 5.75 Å². The van der Waals surface area contributed by atoms with Gasteiger partial charge in [0.25, 0.3) is 0 Å². The van der Waals surface area contributed by atoms with Crippen molar-refractivity contribution in [3.8, 4) is 17.2 Å². The van der Waals surface area contributed by atoms with Crippen molar-refractivity contribution < 1.29 is 13.9 Å². The molecule has 0 radical (unpaired) electrons. The number of oxazole rings is 1. The molecule has 0 aliphatic rings. The quantitative estimate of drug-likeness (QED) is 0.727. The van der Waals surface area contributed by atoms with E-state index >= 15 is 0 Å². The molecule has 2 rings (SSSR count). The van der Waals surface area contributed by atoms with Crippen molar-refractivity contribution in [3.63, 3.8) is 0 Å². The molecule has 1 aromatic heterocycles. The van der Waals surface area contributed by atoms with E-state index in [-0.39, 0.29) is 0 Å². The molecule has 0 bridgehead atoms. The monoisotopic (exact) mass is 319 g/mol. The fraction of sp³-hybridized carbons (Fsp3) is 0.412. The molecule has 118 valence electrons. The second-order valence-corrected chi connectivity index (χ2v) is 6.02. The minimum absolute atomic E-state index is 0.295. The highest BCUT2D eigenvalue weighted by Gasteiger charge is 2.12. The van der Waals surface area contributed by atoms with E-state index in [9.17, 15) is 4.79 Å². The third-order valence-corrected chi connectivity index (χ3v) is 4.26. The van der Waals surface area contributed by atoms with E-state index in [0.29, 0.717) is 29.6 Å². The van der Waals surface area contributed by atoms with Gasteiger partial charge in [-0.2, -0.15) is 0 Å². The van der Waals surface area contributed by atoms with Crippen LogP contribution < -0.4 is 4.74 Å². The Balaban J connectivity index is 1.99. The molecule has 0 N–H and O–H groups in total. The van der Waals surface area contributed by atoms with E-state index in [1.165, 1.54) is 0 Å². The number of aryl methyl sites for hydroxylation is 1. The normalized spacial score (nSPS) is 10.7. The molecule has 1 aromatic carbocycles. The zero-order valence-electron chi connectivity index (χ0n) is 13.2. The highest BCUT2D eigenvalue weighted by Crippen LogP contribution is 2.25. The summed E-state index contributed by atoms with van der Waals surface area (Å²) in [6.07, 6.45) is 1.56. The van der Waals surface area contributed by atoms with Crippen LogP contribution in [0.3, 0.4) is 0 Å². The van der Waals surface area contributed by atoms with Crippen molar-refractivity contribution in [2.75, 3.05) is 12.9 Å². The molecule has 0 fully saturated rings. The number of aromatic nitrogens is 1. The lowest BCUT2D eigenvalue weighted by molar-refractivity contribution is -0.116. The first kappa shape index (κ1) is 16.6. The lowest BCUT2D eigenvalue weighted by atomic mass is 10.2. The SMILES string of the molecule is CCCC(=O)CSCc1nc(-c2ccc(OC)cc2)oc1C. The van der Waals surface area contributed by atoms with Crippen molar-refractivity contribution in [1.29, 1.82) is 0 Å². The van der Waals surface area contributed by atoms with E-state index in [2.05, 4.69) is 4.98 Å². The number of methoxy groups -OCH3 is 1. The molecule has 0 atom stereocenters. The fourth-order valence-corrected chi connectivity index (χ4v) is 2.97. The minimum Gasteiger partial charge on any atom is -0.497 e. The van der Waals surface area contributed by atoms with E-state index in [4.69, 9.17) is 9.15 Å². The van der Waals surface area contributed by atoms with Crippen molar-refractivity contribution in [2.24, 2.45) is 0 Å². The molecule has 0 saturated carbocycles. The molecule has 4 nitrogen and oxygen atoms in total. The number of thioether (sulfide) groups is 1. The van der Waals surface area contributed by atoms with Gasteiger partial charge in [0.1, 0.15) is 17.3 Å². The van der Waals surface area contributed by atoms with E-state index in [1.807, 2.05) is 38.1 Å². The summed E-state index contributed by atoms with van der Waals surface area (Å²) in [5.74, 6) is 3.75. The summed E-state index contributed by atoms with van der Waals surface area (Å²) in [5, 5.41) is 0. The largest absolute Gasteiger partial charge is 0.497 e. The zero-order valence-corrected chi connectivity index (χ0v) is 14.0. The third-order valence-electron chi connectivity index (χ3n) is 3.26. The maximum Gasteiger partial charge on any atom is 0.226 e. The number of carbonyl (C=O) groups is 1. The van der Waals surface area contributed by atoms with Crippen LogP contribution in [-0.4, -0.2) is 23.6 Å². The van der Waals surface area contributed by atoms with Crippen LogP contribution in [0.1, 0.15) is 31.2 Å². The second kappa shape index (κ2) is 8.03. The van der Waals surface area contributed by atoms with Crippen LogP contribution in [0.2, 0.25) is 0 Å². The predicted octanol–water partition coefficient (Wildman–Crippen LogP) is 4.26. The molecular formula is C17H21NO3S. The summed E-state index contributed by atoms with van der Waals surface area (Å²) in [4.78, 5) is 16.1. The van der Waals surface area contributed by atoms with Gasteiger partial charge in [-0.25, -0.2) is 4.98 Å². The summed E-state index contributed by atoms with van der Waals surface area (Å²) >= 11 is 1.59. The number of hydrogen-bond donors (Lipinski definition) is 0. The maximum atomic E-state index is 11.5. The van der Waals surface area contributed by atoms with Crippen LogP contribution in [0, 0.1) is 6.92 Å². The Hall–Kier alpha value is -1.75. The molecule has 0 spiro atoms. The van der Waals surface area contributed by atoms with Gasteiger partial charge >= 0.3 is 0 Å². The van der Waals surface area contributed by atoms with Gasteiger partial charge in [-0.3, -0.25) is 4.79 Å². The summed E-state index contributed by atoms with van der Waals surface area (Å²) in [6, 6.07) is 7.61. The summed E-state index contributed by atoms with van der Waals surface area (Å²) in [6.45, 7) is 3.93. The Morgan fingerprint density at radius 3 is 2.68 bits per heavy atom. The van der Waals surface area contributed by atoms with Crippen LogP contribution in [0.15, 0.2) is 28.7 Å². The van der Waals surface area contributed by atoms with Gasteiger partial charge in [-0.1, -0.05) is 6.92 Å². The van der Waals surface area contributed by atoms with Crippen molar-refractivity contribution in [1.82, 2.24) is 4.98 Å². The number of Topliss-reactive ketones (excluding diaryl/α,β-unsaturated/α-hetero) is 1. The number of benzene rings is 1. The Kier molecular flexibility index (Phi) is 6.07. The molecule has 0 unspecified atom stereocenters. The van der Waals surface area contributed by atoms with Gasteiger partial charge in [0.05, 0.1) is 18.6 Å². The van der Waals surface area contributed by atoms with Crippen molar-refractivity contribution in [2.45, 2.75) is 32.4 Å². The molecule has 0 amide bonds. The predicted molar refractivity (Wildman–Crippen MR) is 89.3 cm³/mol. The molecule has 0 aliphatic carbocycles. The van der Waals surface area contributed by atoms with Gasteiger partial charge in [-0.15, -0.1) is 11.8 Å². The van der Waals surface area contributed by atoms with Gasteiger partial charge < -0.3 is 9.15 Å². The first-order valence-corrected chi connectivity index (χ1v) is 8.49. The first-order chi connectivity index (χ1) is 10.6. The van der Waals surface area contributed by atoms with E-state index < -0.39 is 0 Å². The van der Waals surface area contributed by atoms with Crippen molar-refractivity contribution in [3.05, 3.63) is 35.7 Å². The number of rotatable bonds is 8. The summed E-state index contributed by atoms with van der Waals surface area (Å²) < 4.78 is 10.9. The number of ketones is 1. The van der Waals surface area contributed by atoms with Crippen LogP contribution >= 0.6 is 11.8 Å². The molecular weight excluding hydrogens is 298 g/mol. The second-order valence-electron chi connectivity index (χ2n) is 5.03. The molecule has 0 saturated heterocycles. The van der Waals surface area contributed by atoms with Crippen LogP contribution in [0.4, 0.5) is 0 Å². The Bertz CT molecular complexity index is 619. The van der Waals surface area contributed by atoms with E-state index in [1.54, 1.807) is 18.9 Å². The number of carbonyl (C=O) groups excluding carboxylic acids is 1. The number of hydrogen-bond acceptors (Lipinski definition) is 5. The number of ether oxygens (including phenoxy) is 1. The van der Waals surface area contributed by atoms with Crippen LogP contribution in [-0.2, 0) is 10.5 Å². The molecule has 0 aliphatic heterocycles. The minimum atomic E-state index is 0.295. The third kappa shape index (κ3) is 4.37. The summed E-state index contributed by atoms with van der Waals surface area (Å²) in [7, 11) is 1.64. The highest BCUT2D eigenvalue weighted by molar-refractivity contribution is 7.99. The van der Waals surface area contributed by atoms with Crippen molar-refractivity contribution >= 4 is 17.5 Å². The van der Waals surface area contributed by atoms with Gasteiger partial charge in [0.15, 0.2) is 0 Å². The summed E-state index contributed by atoms with van der Waals surface area (Å²) in [5.41, 5.74) is 1.82. The Morgan fingerprint density at radius 1 is 1.32 bits per heavy atom. The molecule has 2 aromatic rings. The smallest absolute Gasteiger partial charge is 0.226 e. The highest BCUT2D eigenvalue weighted by atomic mass is 32.2. The van der Waals surface area contributed by atoms with Gasteiger partial charge in [0, 0.05) is 17.7 Å². The van der Waals surface area contributed by atoms with Gasteiger partial charge in [-0.05, 0) is 37.6 Å². The van der Waals surface area contributed by atoms with Gasteiger partial charge in [0.2, 0.25) is 5.89 Å². The first-order valence-electron chi connectivity index (χ1n) is 7.34. The standard InChI is InChI=1S/C17H21NO3S/c1-4-5-14(19)10-22-11-16-12(2)21-17(18-16)13-6-8-15(20-3)9-7-13/h6-9H,4-5,10-11H2,1-3H3. The molecule has 22 heavy (non-hydrogen) atoms. The lowest BCUT2D eigenvalue weighted by Gasteiger charge is -1.99. The average Bonchev–Trinajstić information content (AvgIpc) is 2.89. The fourth-order valence-electron chi connectivity index (χ4n) is 2.03. The maximum absolute atomic E-state index is 11.5. The zero-order chi connectivity index (χ0) is 15.9. The average molecular weight is 319 g/mol. The topological polar surface area (TPSA) is 52.3 Å². The molecule has 5 heteroatoms. The Labute approximate surface area is 135 Å². The lowest BCUT2D eigenvalue weighted by Crippen LogP contribution is -2.00. The Morgan fingerprint density at radius 2 is 2.05 bits per heavy atom. The molecule has 1 heterocycles. The number of nitrogens with zero attached hydrogens (tertiary/aromatic N) is 1.